The third-order valence-electron chi connectivity index (χ3n) is 3.22. The van der Waals surface area contributed by atoms with Gasteiger partial charge in [-0.3, -0.25) is 4.99 Å². The van der Waals surface area contributed by atoms with Crippen LogP contribution >= 0.6 is 0 Å². The lowest BCUT2D eigenvalue weighted by molar-refractivity contribution is 0.647. The highest BCUT2D eigenvalue weighted by molar-refractivity contribution is 5.81. The highest BCUT2D eigenvalue weighted by Crippen LogP contribution is 2.30. The molecule has 0 aliphatic rings. The Kier molecular flexibility index (Phi) is 5.33. The minimum atomic E-state index is 0.677. The van der Waals surface area contributed by atoms with Crippen LogP contribution in [0.3, 0.4) is 0 Å². The van der Waals surface area contributed by atoms with Gasteiger partial charge in [0, 0.05) is 11.8 Å². The van der Waals surface area contributed by atoms with Crippen LogP contribution in [0.15, 0.2) is 65.8 Å². The Morgan fingerprint density at radius 2 is 1.76 bits per heavy atom. The summed E-state index contributed by atoms with van der Waals surface area (Å²) in [6.45, 7) is 4.48. The van der Waals surface area contributed by atoms with Crippen LogP contribution in [0.5, 0.6) is 0 Å². The summed E-state index contributed by atoms with van der Waals surface area (Å²) in [5.41, 5.74) is 9.97. The molecule has 2 heteroatoms. The number of rotatable bonds is 5. The number of allylic oxidation sites excluding steroid dienone is 1. The third-order valence-corrected chi connectivity index (χ3v) is 3.22. The maximum absolute atomic E-state index is 5.33. The number of para-hydroxylation sites is 1. The molecule has 2 nitrogen and oxygen atoms in total. The van der Waals surface area contributed by atoms with Gasteiger partial charge in [0.2, 0.25) is 0 Å². The van der Waals surface area contributed by atoms with Gasteiger partial charge < -0.3 is 5.73 Å². The van der Waals surface area contributed by atoms with E-state index >= 15 is 0 Å². The van der Waals surface area contributed by atoms with E-state index in [9.17, 15) is 0 Å². The van der Waals surface area contributed by atoms with Crippen molar-refractivity contribution in [3.8, 4) is 11.1 Å². The number of hydrogen-bond donors (Lipinski definition) is 1. The van der Waals surface area contributed by atoms with Crippen LogP contribution in [0, 0.1) is 5.92 Å². The van der Waals surface area contributed by atoms with E-state index in [4.69, 9.17) is 5.73 Å². The van der Waals surface area contributed by atoms with E-state index in [0.29, 0.717) is 5.92 Å². The molecule has 0 aliphatic heterocycles. The highest BCUT2D eigenvalue weighted by atomic mass is 14.7. The summed E-state index contributed by atoms with van der Waals surface area (Å²) in [5, 5.41) is 0. The molecule has 0 spiro atoms. The van der Waals surface area contributed by atoms with E-state index in [-0.39, 0.29) is 0 Å². The quantitative estimate of drug-likeness (QED) is 0.789. The lowest BCUT2D eigenvalue weighted by atomic mass is 9.98. The minimum Gasteiger partial charge on any atom is -0.405 e. The van der Waals surface area contributed by atoms with Crippen molar-refractivity contribution < 1.29 is 0 Å². The molecule has 2 rings (SSSR count). The van der Waals surface area contributed by atoms with Gasteiger partial charge in [-0.05, 0) is 41.8 Å². The molecular weight excluding hydrogens is 256 g/mol. The number of nitrogens with zero attached hydrogens (tertiary/aromatic N) is 1. The lowest BCUT2D eigenvalue weighted by Gasteiger charge is -2.08. The number of nitrogens with two attached hydrogens (primary N) is 1. The van der Waals surface area contributed by atoms with E-state index in [1.54, 1.807) is 12.3 Å². The zero-order valence-electron chi connectivity index (χ0n) is 12.7. The van der Waals surface area contributed by atoms with Gasteiger partial charge in [-0.15, -0.1) is 0 Å². The van der Waals surface area contributed by atoms with Crippen molar-refractivity contribution in [2.24, 2.45) is 16.6 Å². The van der Waals surface area contributed by atoms with Crippen LogP contribution < -0.4 is 5.73 Å². The maximum Gasteiger partial charge on any atom is 0.0707 e. The molecule has 0 aromatic heterocycles. The standard InChI is InChI=1S/C19H22N2/c1-15(2)14-16-8-10-17(11-9-16)18-6-3-4-7-19(18)21-13-5-12-20/h3-13,15H,14,20H2,1-2H3. The second kappa shape index (κ2) is 7.44. The molecule has 0 heterocycles. The van der Waals surface area contributed by atoms with Gasteiger partial charge in [0.25, 0.3) is 0 Å². The van der Waals surface area contributed by atoms with Gasteiger partial charge in [-0.1, -0.05) is 56.3 Å². The average molecular weight is 278 g/mol. The van der Waals surface area contributed by atoms with Crippen molar-refractivity contribution >= 4 is 11.9 Å². The molecular formula is C19H22N2. The highest BCUT2D eigenvalue weighted by Gasteiger charge is 2.04. The zero-order valence-corrected chi connectivity index (χ0v) is 12.7. The molecule has 21 heavy (non-hydrogen) atoms. The summed E-state index contributed by atoms with van der Waals surface area (Å²) in [7, 11) is 0. The maximum atomic E-state index is 5.33. The fourth-order valence-electron chi connectivity index (χ4n) is 2.30. The van der Waals surface area contributed by atoms with Gasteiger partial charge in [-0.2, -0.15) is 0 Å². The summed E-state index contributed by atoms with van der Waals surface area (Å²) < 4.78 is 0. The predicted octanol–water partition coefficient (Wildman–Crippen LogP) is 4.73. The monoisotopic (exact) mass is 278 g/mol. The van der Waals surface area contributed by atoms with E-state index in [2.05, 4.69) is 49.2 Å². The van der Waals surface area contributed by atoms with E-state index in [1.165, 1.54) is 17.3 Å². The van der Waals surface area contributed by atoms with E-state index in [1.807, 2.05) is 18.2 Å². The summed E-state index contributed by atoms with van der Waals surface area (Å²) in [4.78, 5) is 4.45. The first-order valence-corrected chi connectivity index (χ1v) is 7.30. The molecule has 2 aromatic carbocycles. The van der Waals surface area contributed by atoms with E-state index < -0.39 is 0 Å². The molecule has 0 amide bonds. The van der Waals surface area contributed by atoms with Crippen LogP contribution in [-0.4, -0.2) is 6.21 Å². The molecule has 2 N–H and O–H groups in total. The molecule has 0 saturated heterocycles. The van der Waals surface area contributed by atoms with Crippen molar-refractivity contribution in [3.63, 3.8) is 0 Å². The van der Waals surface area contributed by atoms with Gasteiger partial charge >= 0.3 is 0 Å². The number of hydrogen-bond acceptors (Lipinski definition) is 2. The van der Waals surface area contributed by atoms with Gasteiger partial charge in [0.1, 0.15) is 0 Å². The minimum absolute atomic E-state index is 0.677. The van der Waals surface area contributed by atoms with Gasteiger partial charge in [0.15, 0.2) is 0 Å². The normalized spacial score (nSPS) is 11.8. The second-order valence-electron chi connectivity index (χ2n) is 5.48. The van der Waals surface area contributed by atoms with Crippen molar-refractivity contribution in [3.05, 3.63) is 66.4 Å². The van der Waals surface area contributed by atoms with Crippen molar-refractivity contribution in [1.82, 2.24) is 0 Å². The Morgan fingerprint density at radius 1 is 1.05 bits per heavy atom. The van der Waals surface area contributed by atoms with Crippen molar-refractivity contribution in [2.75, 3.05) is 0 Å². The number of aliphatic imine (C=N–C) groups is 1. The van der Waals surface area contributed by atoms with Gasteiger partial charge in [0.05, 0.1) is 5.69 Å². The topological polar surface area (TPSA) is 38.4 Å². The molecule has 0 bridgehead atoms. The molecule has 0 radical (unpaired) electrons. The number of benzene rings is 2. The van der Waals surface area contributed by atoms with Crippen molar-refractivity contribution in [1.29, 1.82) is 0 Å². The Labute approximate surface area is 127 Å². The largest absolute Gasteiger partial charge is 0.405 e. The first-order chi connectivity index (χ1) is 10.2. The summed E-state index contributed by atoms with van der Waals surface area (Å²) in [6.07, 6.45) is 6.03. The first kappa shape index (κ1) is 15.0. The first-order valence-electron chi connectivity index (χ1n) is 7.30. The SMILES string of the molecule is CC(C)Cc1ccc(-c2ccccc2N=CC=CN)cc1. The van der Waals surface area contributed by atoms with Crippen LogP contribution in [0.2, 0.25) is 0 Å². The van der Waals surface area contributed by atoms with Crippen LogP contribution in [0.4, 0.5) is 5.69 Å². The Morgan fingerprint density at radius 3 is 2.43 bits per heavy atom. The smallest absolute Gasteiger partial charge is 0.0707 e. The zero-order chi connectivity index (χ0) is 15.1. The molecule has 0 unspecified atom stereocenters. The Hall–Kier alpha value is -2.35. The second-order valence-corrected chi connectivity index (χ2v) is 5.48. The third kappa shape index (κ3) is 4.32. The Bertz CT molecular complexity index is 622. The summed E-state index contributed by atoms with van der Waals surface area (Å²) >= 11 is 0. The molecule has 108 valence electrons. The molecule has 0 fully saturated rings. The lowest BCUT2D eigenvalue weighted by Crippen LogP contribution is -1.93. The van der Waals surface area contributed by atoms with Crippen LogP contribution in [0.25, 0.3) is 11.1 Å². The molecule has 0 saturated carbocycles. The van der Waals surface area contributed by atoms with E-state index in [0.717, 1.165) is 17.7 Å². The summed E-state index contributed by atoms with van der Waals surface area (Å²) in [5.74, 6) is 0.677. The molecule has 2 aromatic rings. The van der Waals surface area contributed by atoms with Crippen molar-refractivity contribution in [2.45, 2.75) is 20.3 Å². The predicted molar refractivity (Wildman–Crippen MR) is 91.9 cm³/mol. The fourth-order valence-corrected chi connectivity index (χ4v) is 2.30. The van der Waals surface area contributed by atoms with Crippen LogP contribution in [0.1, 0.15) is 19.4 Å². The summed E-state index contributed by atoms with van der Waals surface area (Å²) in [6, 6.07) is 16.9. The average Bonchev–Trinajstić information content (AvgIpc) is 2.48. The van der Waals surface area contributed by atoms with Gasteiger partial charge in [-0.25, -0.2) is 0 Å². The Balaban J connectivity index is 2.29. The van der Waals surface area contributed by atoms with Crippen LogP contribution in [-0.2, 0) is 6.42 Å². The molecule has 0 aliphatic carbocycles. The molecule has 0 atom stereocenters. The fraction of sp³-hybridized carbons (Fsp3) is 0.211.